The van der Waals surface area contributed by atoms with Gasteiger partial charge in [-0.2, -0.15) is 5.10 Å². The van der Waals surface area contributed by atoms with E-state index in [1.165, 1.54) is 0 Å². The van der Waals surface area contributed by atoms with E-state index in [-0.39, 0.29) is 11.9 Å². The summed E-state index contributed by atoms with van der Waals surface area (Å²) in [6.07, 6.45) is 7.26. The number of amides is 1. The van der Waals surface area contributed by atoms with Crippen LogP contribution in [0.3, 0.4) is 0 Å². The maximum atomic E-state index is 12.3. The van der Waals surface area contributed by atoms with Crippen molar-refractivity contribution >= 4 is 11.7 Å². The van der Waals surface area contributed by atoms with E-state index < -0.39 is 0 Å². The Morgan fingerprint density at radius 2 is 2.36 bits per heavy atom. The minimum absolute atomic E-state index is 0.0485. The third-order valence-electron chi connectivity index (χ3n) is 3.95. The van der Waals surface area contributed by atoms with Crippen LogP contribution >= 0.6 is 0 Å². The fourth-order valence-corrected chi connectivity index (χ4v) is 2.77. The van der Waals surface area contributed by atoms with Crippen molar-refractivity contribution in [3.63, 3.8) is 0 Å². The monoisotopic (exact) mass is 299 g/mol. The third kappa shape index (κ3) is 3.27. The molecule has 0 unspecified atom stereocenters. The van der Waals surface area contributed by atoms with E-state index in [1.54, 1.807) is 23.3 Å². The normalized spacial score (nSPS) is 18.2. The summed E-state index contributed by atoms with van der Waals surface area (Å²) >= 11 is 0. The van der Waals surface area contributed by atoms with Gasteiger partial charge in [0.15, 0.2) is 0 Å². The van der Waals surface area contributed by atoms with Gasteiger partial charge in [-0.1, -0.05) is 6.07 Å². The smallest absolute Gasteiger partial charge is 0.254 e. The third-order valence-corrected chi connectivity index (χ3v) is 3.95. The molecule has 6 heteroatoms. The van der Waals surface area contributed by atoms with Crippen LogP contribution in [-0.2, 0) is 6.54 Å². The molecule has 116 valence electrons. The molecular weight excluding hydrogens is 278 g/mol. The van der Waals surface area contributed by atoms with Crippen molar-refractivity contribution < 1.29 is 4.79 Å². The number of pyridine rings is 1. The van der Waals surface area contributed by atoms with E-state index in [2.05, 4.69) is 20.3 Å². The molecule has 22 heavy (non-hydrogen) atoms. The average Bonchev–Trinajstić information content (AvgIpc) is 3.05. The standard InChI is InChI=1S/C16H21N5O/c1-2-21-11-13(10-18-21)16(22)19-14-6-5-9-20(12-14)15-7-3-4-8-17-15/h3-4,7-8,10-11,14H,2,5-6,9,12H2,1H3,(H,19,22)/t14-/m1/s1. The fourth-order valence-electron chi connectivity index (χ4n) is 2.77. The van der Waals surface area contributed by atoms with Gasteiger partial charge in [-0.15, -0.1) is 0 Å². The summed E-state index contributed by atoms with van der Waals surface area (Å²) in [6.45, 7) is 4.55. The summed E-state index contributed by atoms with van der Waals surface area (Å²) in [7, 11) is 0. The second kappa shape index (κ2) is 6.60. The summed E-state index contributed by atoms with van der Waals surface area (Å²) in [5.41, 5.74) is 0.622. The lowest BCUT2D eigenvalue weighted by Gasteiger charge is -2.33. The molecule has 2 aromatic heterocycles. The van der Waals surface area contributed by atoms with Crippen molar-refractivity contribution in [1.29, 1.82) is 0 Å². The molecule has 0 aliphatic carbocycles. The van der Waals surface area contributed by atoms with Gasteiger partial charge >= 0.3 is 0 Å². The Bertz CT molecular complexity index is 624. The van der Waals surface area contributed by atoms with Crippen LogP contribution in [0.15, 0.2) is 36.8 Å². The fraction of sp³-hybridized carbons (Fsp3) is 0.438. The molecule has 1 amide bonds. The molecule has 1 atom stereocenters. The second-order valence-corrected chi connectivity index (χ2v) is 5.53. The van der Waals surface area contributed by atoms with Gasteiger partial charge in [0.1, 0.15) is 5.82 Å². The number of hydrogen-bond acceptors (Lipinski definition) is 4. The highest BCUT2D eigenvalue weighted by atomic mass is 16.1. The number of carbonyl (C=O) groups excluding carboxylic acids is 1. The molecule has 2 aromatic rings. The Balaban J connectivity index is 1.61. The molecule has 0 aromatic carbocycles. The average molecular weight is 299 g/mol. The maximum Gasteiger partial charge on any atom is 0.254 e. The van der Waals surface area contributed by atoms with Gasteiger partial charge in [0.2, 0.25) is 0 Å². The second-order valence-electron chi connectivity index (χ2n) is 5.53. The van der Waals surface area contributed by atoms with E-state index >= 15 is 0 Å². The van der Waals surface area contributed by atoms with Crippen LogP contribution < -0.4 is 10.2 Å². The Morgan fingerprint density at radius 3 is 3.09 bits per heavy atom. The molecule has 1 N–H and O–H groups in total. The van der Waals surface area contributed by atoms with Gasteiger partial charge in [-0.05, 0) is 31.9 Å². The number of aromatic nitrogens is 3. The topological polar surface area (TPSA) is 63.1 Å². The number of piperidine rings is 1. The number of anilines is 1. The summed E-state index contributed by atoms with van der Waals surface area (Å²) < 4.78 is 1.76. The van der Waals surface area contributed by atoms with Gasteiger partial charge in [0.25, 0.3) is 5.91 Å². The van der Waals surface area contributed by atoms with Gasteiger partial charge in [-0.3, -0.25) is 9.48 Å². The number of rotatable bonds is 4. The molecule has 0 saturated carbocycles. The molecule has 3 heterocycles. The molecule has 1 fully saturated rings. The molecule has 0 radical (unpaired) electrons. The first-order valence-electron chi connectivity index (χ1n) is 7.75. The summed E-state index contributed by atoms with van der Waals surface area (Å²) in [5.74, 6) is 0.924. The van der Waals surface area contributed by atoms with E-state index in [1.807, 2.05) is 25.1 Å². The lowest BCUT2D eigenvalue weighted by atomic mass is 10.1. The minimum atomic E-state index is -0.0485. The quantitative estimate of drug-likeness (QED) is 0.933. The zero-order valence-electron chi connectivity index (χ0n) is 12.8. The molecule has 6 nitrogen and oxygen atoms in total. The van der Waals surface area contributed by atoms with Gasteiger partial charge in [0, 0.05) is 38.1 Å². The van der Waals surface area contributed by atoms with E-state index in [9.17, 15) is 4.79 Å². The molecule has 0 bridgehead atoms. The highest BCUT2D eigenvalue weighted by Crippen LogP contribution is 2.17. The van der Waals surface area contributed by atoms with Gasteiger partial charge < -0.3 is 10.2 Å². The lowest BCUT2D eigenvalue weighted by molar-refractivity contribution is 0.0933. The first-order chi connectivity index (χ1) is 10.8. The van der Waals surface area contributed by atoms with Crippen molar-refractivity contribution in [2.75, 3.05) is 18.0 Å². The van der Waals surface area contributed by atoms with Crippen LogP contribution in [0.5, 0.6) is 0 Å². The van der Waals surface area contributed by atoms with Crippen molar-refractivity contribution in [3.8, 4) is 0 Å². The summed E-state index contributed by atoms with van der Waals surface area (Å²) in [5, 5.41) is 7.26. The minimum Gasteiger partial charge on any atom is -0.355 e. The Hall–Kier alpha value is -2.37. The van der Waals surface area contributed by atoms with Crippen molar-refractivity contribution in [1.82, 2.24) is 20.1 Å². The number of nitrogens with zero attached hydrogens (tertiary/aromatic N) is 4. The number of carbonyl (C=O) groups is 1. The molecule has 1 aliphatic rings. The van der Waals surface area contributed by atoms with Crippen LogP contribution in [0.4, 0.5) is 5.82 Å². The molecule has 1 aliphatic heterocycles. The zero-order valence-corrected chi connectivity index (χ0v) is 12.8. The highest BCUT2D eigenvalue weighted by Gasteiger charge is 2.23. The van der Waals surface area contributed by atoms with Crippen molar-refractivity contribution in [3.05, 3.63) is 42.4 Å². The van der Waals surface area contributed by atoms with E-state index in [4.69, 9.17) is 0 Å². The predicted octanol–water partition coefficient (Wildman–Crippen LogP) is 1.70. The highest BCUT2D eigenvalue weighted by molar-refractivity contribution is 5.93. The Morgan fingerprint density at radius 1 is 1.45 bits per heavy atom. The summed E-state index contributed by atoms with van der Waals surface area (Å²) in [4.78, 5) is 18.9. The van der Waals surface area contributed by atoms with Crippen LogP contribution in [0.2, 0.25) is 0 Å². The molecule has 0 spiro atoms. The summed E-state index contributed by atoms with van der Waals surface area (Å²) in [6, 6.07) is 6.06. The SMILES string of the molecule is CCn1cc(C(=O)N[C@@H]2CCCN(c3ccccn3)C2)cn1. The maximum absolute atomic E-state index is 12.3. The molecule has 3 rings (SSSR count). The van der Waals surface area contributed by atoms with E-state index in [0.717, 1.165) is 38.3 Å². The molecule has 1 saturated heterocycles. The van der Waals surface area contributed by atoms with Crippen LogP contribution in [0, 0.1) is 0 Å². The van der Waals surface area contributed by atoms with Crippen LogP contribution in [-0.4, -0.2) is 39.8 Å². The van der Waals surface area contributed by atoms with Crippen molar-refractivity contribution in [2.45, 2.75) is 32.4 Å². The predicted molar refractivity (Wildman–Crippen MR) is 84.8 cm³/mol. The van der Waals surface area contributed by atoms with Gasteiger partial charge in [0.05, 0.1) is 11.8 Å². The Labute approximate surface area is 130 Å². The number of hydrogen-bond donors (Lipinski definition) is 1. The Kier molecular flexibility index (Phi) is 4.37. The zero-order chi connectivity index (χ0) is 15.4. The first-order valence-corrected chi connectivity index (χ1v) is 7.75. The van der Waals surface area contributed by atoms with E-state index in [0.29, 0.717) is 5.56 Å². The van der Waals surface area contributed by atoms with Gasteiger partial charge in [-0.25, -0.2) is 4.98 Å². The van der Waals surface area contributed by atoms with Crippen LogP contribution in [0.1, 0.15) is 30.1 Å². The van der Waals surface area contributed by atoms with Crippen LogP contribution in [0.25, 0.3) is 0 Å². The number of nitrogens with one attached hydrogen (secondary N) is 1. The largest absolute Gasteiger partial charge is 0.355 e. The number of aryl methyl sites for hydroxylation is 1. The lowest BCUT2D eigenvalue weighted by Crippen LogP contribution is -2.48. The van der Waals surface area contributed by atoms with Crippen molar-refractivity contribution in [2.24, 2.45) is 0 Å². The molecular formula is C16H21N5O. The first kappa shape index (κ1) is 14.6.